The van der Waals surface area contributed by atoms with Crippen molar-refractivity contribution in [1.29, 1.82) is 0 Å². The van der Waals surface area contributed by atoms with Crippen molar-refractivity contribution in [2.24, 2.45) is 23.7 Å². The van der Waals surface area contributed by atoms with Gasteiger partial charge in [-0.2, -0.15) is 0 Å². The van der Waals surface area contributed by atoms with E-state index < -0.39 is 5.97 Å². The van der Waals surface area contributed by atoms with E-state index in [1.165, 1.54) is 4.90 Å². The Morgan fingerprint density at radius 1 is 1.12 bits per heavy atom. The number of rotatable bonds is 3. The maximum Gasteiger partial charge on any atom is 0.338 e. The predicted octanol–water partition coefficient (Wildman–Crippen LogP) is 2.79. The van der Waals surface area contributed by atoms with Gasteiger partial charge in [-0.1, -0.05) is 6.07 Å². The molecule has 1 heterocycles. The molecule has 5 nitrogen and oxygen atoms in total. The molecule has 1 aromatic carbocycles. The summed E-state index contributed by atoms with van der Waals surface area (Å²) in [5, 5.41) is 0. The topological polar surface area (TPSA) is 63.7 Å². The lowest BCUT2D eigenvalue weighted by Crippen LogP contribution is -2.32. The van der Waals surface area contributed by atoms with Gasteiger partial charge in [-0.05, 0) is 63.1 Å². The van der Waals surface area contributed by atoms with Crippen molar-refractivity contribution in [3.8, 4) is 0 Å². The van der Waals surface area contributed by atoms with Crippen LogP contribution < -0.4 is 4.90 Å². The fourth-order valence-electron chi connectivity index (χ4n) is 4.72. The zero-order valence-corrected chi connectivity index (χ0v) is 13.9. The molecule has 5 heteroatoms. The minimum Gasteiger partial charge on any atom is -0.459 e. The number of amides is 2. The van der Waals surface area contributed by atoms with Gasteiger partial charge in [0.15, 0.2) is 0 Å². The summed E-state index contributed by atoms with van der Waals surface area (Å²) in [6.07, 6.45) is 2.91. The van der Waals surface area contributed by atoms with E-state index in [1.54, 1.807) is 38.1 Å². The number of hydrogen-bond donors (Lipinski definition) is 0. The number of esters is 1. The summed E-state index contributed by atoms with van der Waals surface area (Å²) in [6, 6.07) is 6.63. The lowest BCUT2D eigenvalue weighted by Gasteiger charge is -2.19. The van der Waals surface area contributed by atoms with Crippen molar-refractivity contribution in [1.82, 2.24) is 0 Å². The molecule has 126 valence electrons. The van der Waals surface area contributed by atoms with E-state index in [-0.39, 0.29) is 29.8 Å². The van der Waals surface area contributed by atoms with Crippen molar-refractivity contribution in [3.05, 3.63) is 29.8 Å². The SMILES string of the molecule is CC(C)OC(=O)c1cccc(N2C(=O)[C@@H]3[C@H]4CC[C@@H](C4)[C@H]3C2=O)c1. The Morgan fingerprint density at radius 2 is 1.75 bits per heavy atom. The van der Waals surface area contributed by atoms with Crippen molar-refractivity contribution in [3.63, 3.8) is 0 Å². The molecule has 2 amide bonds. The van der Waals surface area contributed by atoms with E-state index in [0.29, 0.717) is 23.1 Å². The van der Waals surface area contributed by atoms with E-state index in [9.17, 15) is 14.4 Å². The fraction of sp³-hybridized carbons (Fsp3) is 0.526. The highest BCUT2D eigenvalue weighted by Crippen LogP contribution is 2.56. The second kappa shape index (κ2) is 5.43. The molecule has 1 saturated heterocycles. The first kappa shape index (κ1) is 15.4. The summed E-state index contributed by atoms with van der Waals surface area (Å²) in [5.41, 5.74) is 0.846. The molecule has 3 aliphatic rings. The largest absolute Gasteiger partial charge is 0.459 e. The molecule has 0 N–H and O–H groups in total. The molecule has 24 heavy (non-hydrogen) atoms. The molecule has 0 radical (unpaired) electrons. The minimum atomic E-state index is -0.439. The Hall–Kier alpha value is -2.17. The Kier molecular flexibility index (Phi) is 3.48. The average Bonchev–Trinajstić information content (AvgIpc) is 3.21. The summed E-state index contributed by atoms with van der Waals surface area (Å²) in [6.45, 7) is 3.57. The van der Waals surface area contributed by atoms with Gasteiger partial charge in [-0.15, -0.1) is 0 Å². The number of carbonyl (C=O) groups is 3. The van der Waals surface area contributed by atoms with Crippen LogP contribution in [-0.4, -0.2) is 23.9 Å². The Balaban J connectivity index is 1.64. The molecule has 0 aromatic heterocycles. The number of anilines is 1. The number of benzene rings is 1. The van der Waals surface area contributed by atoms with Crippen LogP contribution in [0.15, 0.2) is 24.3 Å². The van der Waals surface area contributed by atoms with E-state index in [1.807, 2.05) is 0 Å². The van der Waals surface area contributed by atoms with E-state index in [2.05, 4.69) is 0 Å². The highest BCUT2D eigenvalue weighted by Gasteiger charge is 2.61. The lowest BCUT2D eigenvalue weighted by molar-refractivity contribution is -0.123. The second-order valence-corrected chi connectivity index (χ2v) is 7.40. The fourth-order valence-corrected chi connectivity index (χ4v) is 4.72. The summed E-state index contributed by atoms with van der Waals surface area (Å²) < 4.78 is 5.20. The summed E-state index contributed by atoms with van der Waals surface area (Å²) in [5.74, 6) is -0.208. The third-order valence-corrected chi connectivity index (χ3v) is 5.61. The highest BCUT2D eigenvalue weighted by atomic mass is 16.5. The third-order valence-electron chi connectivity index (χ3n) is 5.61. The normalized spacial score (nSPS) is 31.0. The van der Waals surface area contributed by atoms with Gasteiger partial charge in [0.2, 0.25) is 11.8 Å². The molecule has 2 aliphatic carbocycles. The maximum absolute atomic E-state index is 12.8. The van der Waals surface area contributed by atoms with E-state index in [0.717, 1.165) is 19.3 Å². The Bertz CT molecular complexity index is 698. The predicted molar refractivity (Wildman–Crippen MR) is 87.3 cm³/mol. The first-order valence-electron chi connectivity index (χ1n) is 8.66. The maximum atomic E-state index is 12.8. The van der Waals surface area contributed by atoms with Gasteiger partial charge in [0.05, 0.1) is 29.2 Å². The van der Waals surface area contributed by atoms with Crippen LogP contribution in [0.25, 0.3) is 0 Å². The van der Waals surface area contributed by atoms with Crippen LogP contribution in [0.5, 0.6) is 0 Å². The van der Waals surface area contributed by atoms with Crippen LogP contribution in [0.1, 0.15) is 43.5 Å². The quantitative estimate of drug-likeness (QED) is 0.632. The summed E-state index contributed by atoms with van der Waals surface area (Å²) in [7, 11) is 0. The van der Waals surface area contributed by atoms with Crippen LogP contribution >= 0.6 is 0 Å². The number of hydrogen-bond acceptors (Lipinski definition) is 4. The van der Waals surface area contributed by atoms with Crippen LogP contribution in [0.3, 0.4) is 0 Å². The van der Waals surface area contributed by atoms with Crippen molar-refractivity contribution < 1.29 is 19.1 Å². The standard InChI is InChI=1S/C19H21NO4/c1-10(2)24-19(23)13-4-3-5-14(9-13)20-17(21)15-11-6-7-12(8-11)16(15)18(20)22/h3-5,9-12,15-16H,6-8H2,1-2H3/t11-,12-,15+,16+/m0/s1. The zero-order chi connectivity index (χ0) is 17.0. The highest BCUT2D eigenvalue weighted by molar-refractivity contribution is 6.22. The average molecular weight is 327 g/mol. The molecule has 1 aromatic rings. The van der Waals surface area contributed by atoms with Gasteiger partial charge in [0.1, 0.15) is 0 Å². The van der Waals surface area contributed by atoms with Gasteiger partial charge in [-0.3, -0.25) is 14.5 Å². The van der Waals surface area contributed by atoms with Crippen LogP contribution in [0, 0.1) is 23.7 Å². The van der Waals surface area contributed by atoms with Crippen molar-refractivity contribution >= 4 is 23.5 Å². The molecular weight excluding hydrogens is 306 g/mol. The Labute approximate surface area is 141 Å². The third kappa shape index (κ3) is 2.18. The lowest BCUT2D eigenvalue weighted by atomic mass is 9.81. The number of fused-ring (bicyclic) bond motifs is 5. The molecule has 4 rings (SSSR count). The number of ether oxygens (including phenoxy) is 1. The molecule has 3 fully saturated rings. The first-order valence-corrected chi connectivity index (χ1v) is 8.66. The monoisotopic (exact) mass is 327 g/mol. The molecule has 0 spiro atoms. The van der Waals surface area contributed by atoms with Gasteiger partial charge in [0.25, 0.3) is 0 Å². The van der Waals surface area contributed by atoms with Crippen LogP contribution in [0.2, 0.25) is 0 Å². The number of nitrogens with zero attached hydrogens (tertiary/aromatic N) is 1. The van der Waals surface area contributed by atoms with E-state index >= 15 is 0 Å². The smallest absolute Gasteiger partial charge is 0.338 e. The second-order valence-electron chi connectivity index (χ2n) is 7.40. The van der Waals surface area contributed by atoms with Gasteiger partial charge in [-0.25, -0.2) is 4.79 Å². The van der Waals surface area contributed by atoms with Crippen molar-refractivity contribution in [2.45, 2.75) is 39.2 Å². The number of carbonyl (C=O) groups excluding carboxylic acids is 3. The van der Waals surface area contributed by atoms with Crippen LogP contribution in [0.4, 0.5) is 5.69 Å². The zero-order valence-electron chi connectivity index (χ0n) is 13.9. The molecule has 4 atom stereocenters. The molecule has 2 bridgehead atoms. The molecule has 2 saturated carbocycles. The molecular formula is C19H21NO4. The Morgan fingerprint density at radius 3 is 2.33 bits per heavy atom. The molecule has 1 aliphatic heterocycles. The van der Waals surface area contributed by atoms with Gasteiger partial charge < -0.3 is 4.74 Å². The van der Waals surface area contributed by atoms with Crippen molar-refractivity contribution in [2.75, 3.05) is 4.90 Å². The number of imide groups is 1. The summed E-state index contributed by atoms with van der Waals surface area (Å²) in [4.78, 5) is 39.1. The molecule has 0 unspecified atom stereocenters. The van der Waals surface area contributed by atoms with E-state index in [4.69, 9.17) is 4.74 Å². The minimum absolute atomic E-state index is 0.0911. The van der Waals surface area contributed by atoms with Gasteiger partial charge >= 0.3 is 5.97 Å². The summed E-state index contributed by atoms with van der Waals surface area (Å²) >= 11 is 0. The van der Waals surface area contributed by atoms with Crippen LogP contribution in [-0.2, 0) is 14.3 Å². The van der Waals surface area contributed by atoms with Gasteiger partial charge in [0, 0.05) is 0 Å². The first-order chi connectivity index (χ1) is 11.5.